The number of aliphatic hydroxyl groups is 1. The second kappa shape index (κ2) is 4.97. The average Bonchev–Trinajstić information content (AvgIpc) is 2.08. The highest BCUT2D eigenvalue weighted by Gasteiger charge is 2.27. The molecule has 1 fully saturated rings. The van der Waals surface area contributed by atoms with Gasteiger partial charge < -0.3 is 10.4 Å². The number of rotatable bonds is 4. The highest BCUT2D eigenvalue weighted by atomic mass is 16.3. The van der Waals surface area contributed by atoms with Gasteiger partial charge in [0, 0.05) is 0 Å². The first-order valence-corrected chi connectivity index (χ1v) is 5.51. The zero-order valence-electron chi connectivity index (χ0n) is 8.97. The van der Waals surface area contributed by atoms with E-state index in [0.717, 1.165) is 25.3 Å². The topological polar surface area (TPSA) is 32.3 Å². The highest BCUT2D eigenvalue weighted by molar-refractivity contribution is 4.81. The van der Waals surface area contributed by atoms with Crippen LogP contribution in [0.5, 0.6) is 0 Å². The molecule has 1 saturated carbocycles. The molecule has 78 valence electrons. The summed E-state index contributed by atoms with van der Waals surface area (Å²) in [5.41, 5.74) is -0.362. The van der Waals surface area contributed by atoms with Gasteiger partial charge in [0.25, 0.3) is 0 Å². The Morgan fingerprint density at radius 3 is 2.54 bits per heavy atom. The summed E-state index contributed by atoms with van der Waals surface area (Å²) < 4.78 is 0. The zero-order valence-corrected chi connectivity index (χ0v) is 8.97. The third-order valence-electron chi connectivity index (χ3n) is 3.22. The van der Waals surface area contributed by atoms with Gasteiger partial charge in [0.05, 0.1) is 5.60 Å². The minimum Gasteiger partial charge on any atom is -0.390 e. The molecule has 0 aromatic carbocycles. The van der Waals surface area contributed by atoms with Crippen LogP contribution in [0, 0.1) is 5.92 Å². The van der Waals surface area contributed by atoms with Gasteiger partial charge in [0.2, 0.25) is 0 Å². The third-order valence-corrected chi connectivity index (χ3v) is 3.22. The molecule has 0 unspecified atom stereocenters. The molecule has 2 heteroatoms. The van der Waals surface area contributed by atoms with E-state index in [0.29, 0.717) is 0 Å². The standard InChI is InChI=1S/C11H23NO/c1-11(13)7-5-10(6-8-11)4-3-9-12-2/h10,12-13H,3-9H2,1-2H3. The van der Waals surface area contributed by atoms with Crippen molar-refractivity contribution in [2.45, 2.75) is 51.0 Å². The molecule has 0 amide bonds. The van der Waals surface area contributed by atoms with Crippen LogP contribution in [0.3, 0.4) is 0 Å². The van der Waals surface area contributed by atoms with Gasteiger partial charge in [-0.25, -0.2) is 0 Å². The maximum Gasteiger partial charge on any atom is 0.0620 e. The van der Waals surface area contributed by atoms with Crippen molar-refractivity contribution in [2.75, 3.05) is 13.6 Å². The Balaban J connectivity index is 2.11. The summed E-state index contributed by atoms with van der Waals surface area (Å²) >= 11 is 0. The Labute approximate surface area is 81.7 Å². The summed E-state index contributed by atoms with van der Waals surface area (Å²) in [4.78, 5) is 0. The smallest absolute Gasteiger partial charge is 0.0620 e. The van der Waals surface area contributed by atoms with Crippen LogP contribution in [0.15, 0.2) is 0 Å². The minimum atomic E-state index is -0.362. The Bertz CT molecular complexity index is 135. The van der Waals surface area contributed by atoms with Crippen molar-refractivity contribution in [3.05, 3.63) is 0 Å². The van der Waals surface area contributed by atoms with Crippen molar-refractivity contribution in [2.24, 2.45) is 5.92 Å². The van der Waals surface area contributed by atoms with E-state index in [1.54, 1.807) is 0 Å². The molecule has 13 heavy (non-hydrogen) atoms. The fourth-order valence-corrected chi connectivity index (χ4v) is 2.16. The average molecular weight is 185 g/mol. The maximum atomic E-state index is 9.75. The third kappa shape index (κ3) is 4.10. The molecule has 0 radical (unpaired) electrons. The second-order valence-corrected chi connectivity index (χ2v) is 4.69. The van der Waals surface area contributed by atoms with E-state index in [2.05, 4.69) is 5.32 Å². The predicted molar refractivity (Wildman–Crippen MR) is 55.7 cm³/mol. The fourth-order valence-electron chi connectivity index (χ4n) is 2.16. The molecule has 1 aliphatic rings. The van der Waals surface area contributed by atoms with Gasteiger partial charge in [-0.05, 0) is 65.0 Å². The monoisotopic (exact) mass is 185 g/mol. The molecule has 0 aromatic rings. The second-order valence-electron chi connectivity index (χ2n) is 4.69. The lowest BCUT2D eigenvalue weighted by atomic mass is 9.78. The number of hydrogen-bond donors (Lipinski definition) is 2. The van der Waals surface area contributed by atoms with Crippen LogP contribution in [0.1, 0.15) is 45.4 Å². The molecule has 0 aromatic heterocycles. The first-order valence-electron chi connectivity index (χ1n) is 5.51. The Morgan fingerprint density at radius 2 is 2.00 bits per heavy atom. The molecular weight excluding hydrogens is 162 g/mol. The van der Waals surface area contributed by atoms with Crippen LogP contribution in [0.25, 0.3) is 0 Å². The van der Waals surface area contributed by atoms with Crippen molar-refractivity contribution < 1.29 is 5.11 Å². The van der Waals surface area contributed by atoms with Crippen LogP contribution >= 0.6 is 0 Å². The van der Waals surface area contributed by atoms with Gasteiger partial charge in [0.1, 0.15) is 0 Å². The highest BCUT2D eigenvalue weighted by Crippen LogP contribution is 2.33. The zero-order chi connectivity index (χ0) is 9.73. The van der Waals surface area contributed by atoms with Gasteiger partial charge in [-0.3, -0.25) is 0 Å². The molecule has 0 heterocycles. The van der Waals surface area contributed by atoms with Crippen LogP contribution in [-0.4, -0.2) is 24.3 Å². The van der Waals surface area contributed by atoms with Crippen molar-refractivity contribution >= 4 is 0 Å². The molecule has 0 aliphatic heterocycles. The van der Waals surface area contributed by atoms with Gasteiger partial charge in [0.15, 0.2) is 0 Å². The van der Waals surface area contributed by atoms with Gasteiger partial charge >= 0.3 is 0 Å². The van der Waals surface area contributed by atoms with E-state index in [1.807, 2.05) is 14.0 Å². The van der Waals surface area contributed by atoms with Crippen LogP contribution in [0.4, 0.5) is 0 Å². The van der Waals surface area contributed by atoms with E-state index in [4.69, 9.17) is 0 Å². The lowest BCUT2D eigenvalue weighted by molar-refractivity contribution is 0.00677. The van der Waals surface area contributed by atoms with Crippen LogP contribution in [0.2, 0.25) is 0 Å². The lowest BCUT2D eigenvalue weighted by Gasteiger charge is -2.33. The molecule has 0 atom stereocenters. The molecular formula is C11H23NO. The Kier molecular flexibility index (Phi) is 4.20. The van der Waals surface area contributed by atoms with Crippen LogP contribution < -0.4 is 5.32 Å². The first-order chi connectivity index (χ1) is 6.14. The quantitative estimate of drug-likeness (QED) is 0.656. The van der Waals surface area contributed by atoms with E-state index >= 15 is 0 Å². The van der Waals surface area contributed by atoms with E-state index < -0.39 is 0 Å². The fraction of sp³-hybridized carbons (Fsp3) is 1.00. The molecule has 0 bridgehead atoms. The van der Waals surface area contributed by atoms with E-state index in [9.17, 15) is 5.11 Å². The normalized spacial score (nSPS) is 34.8. The lowest BCUT2D eigenvalue weighted by Crippen LogP contribution is -2.30. The van der Waals surface area contributed by atoms with Crippen molar-refractivity contribution in [3.8, 4) is 0 Å². The molecule has 0 spiro atoms. The summed E-state index contributed by atoms with van der Waals surface area (Å²) in [5, 5.41) is 12.9. The predicted octanol–water partition coefficient (Wildman–Crippen LogP) is 1.93. The van der Waals surface area contributed by atoms with Gasteiger partial charge in [-0.1, -0.05) is 0 Å². The van der Waals surface area contributed by atoms with Gasteiger partial charge in [-0.15, -0.1) is 0 Å². The molecule has 0 saturated heterocycles. The summed E-state index contributed by atoms with van der Waals surface area (Å²) in [5.74, 6) is 0.869. The number of nitrogens with one attached hydrogen (secondary N) is 1. The Morgan fingerprint density at radius 1 is 1.38 bits per heavy atom. The van der Waals surface area contributed by atoms with Gasteiger partial charge in [-0.2, -0.15) is 0 Å². The molecule has 2 N–H and O–H groups in total. The van der Waals surface area contributed by atoms with Crippen molar-refractivity contribution in [3.63, 3.8) is 0 Å². The minimum absolute atomic E-state index is 0.362. The summed E-state index contributed by atoms with van der Waals surface area (Å²) in [6.45, 7) is 3.10. The maximum absolute atomic E-state index is 9.75. The largest absolute Gasteiger partial charge is 0.390 e. The van der Waals surface area contributed by atoms with Crippen molar-refractivity contribution in [1.82, 2.24) is 5.32 Å². The summed E-state index contributed by atoms with van der Waals surface area (Å²) in [6.07, 6.45) is 7.04. The Hall–Kier alpha value is -0.0800. The van der Waals surface area contributed by atoms with Crippen LogP contribution in [-0.2, 0) is 0 Å². The van der Waals surface area contributed by atoms with Crippen molar-refractivity contribution in [1.29, 1.82) is 0 Å². The first kappa shape index (κ1) is 11.0. The molecule has 2 nitrogen and oxygen atoms in total. The van der Waals surface area contributed by atoms with E-state index in [-0.39, 0.29) is 5.60 Å². The summed E-state index contributed by atoms with van der Waals surface area (Å²) in [6, 6.07) is 0. The summed E-state index contributed by atoms with van der Waals surface area (Å²) in [7, 11) is 2.01. The number of hydrogen-bond acceptors (Lipinski definition) is 2. The molecule has 1 rings (SSSR count). The SMILES string of the molecule is CNCCCC1CCC(C)(O)CC1. The van der Waals surface area contributed by atoms with E-state index in [1.165, 1.54) is 25.7 Å². The molecule has 1 aliphatic carbocycles.